The monoisotopic (exact) mass is 264 g/mol. The van der Waals surface area contributed by atoms with Crippen molar-refractivity contribution in [3.05, 3.63) is 24.3 Å². The van der Waals surface area contributed by atoms with E-state index < -0.39 is 0 Å². The molecule has 0 fully saturated rings. The summed E-state index contributed by atoms with van der Waals surface area (Å²) in [5, 5.41) is 2.84. The lowest BCUT2D eigenvalue weighted by molar-refractivity contribution is -0.117. The average Bonchev–Trinajstić information content (AvgIpc) is 2.27. The molecule has 5 nitrogen and oxygen atoms in total. The van der Waals surface area contributed by atoms with Gasteiger partial charge in [0.2, 0.25) is 5.91 Å². The molecule has 0 aromatic heterocycles. The van der Waals surface area contributed by atoms with E-state index in [1.807, 2.05) is 38.2 Å². The van der Waals surface area contributed by atoms with Crippen molar-refractivity contribution in [3.63, 3.8) is 0 Å². The predicted molar refractivity (Wildman–Crippen MR) is 80.2 cm³/mol. The molecule has 1 rings (SSSR count). The van der Waals surface area contributed by atoms with Crippen molar-refractivity contribution in [2.24, 2.45) is 0 Å². The van der Waals surface area contributed by atoms with Crippen LogP contribution in [0.1, 0.15) is 6.42 Å². The van der Waals surface area contributed by atoms with Crippen LogP contribution in [0.15, 0.2) is 24.3 Å². The molecule has 3 N–H and O–H groups in total. The van der Waals surface area contributed by atoms with E-state index >= 15 is 0 Å². The molecule has 0 saturated heterocycles. The summed E-state index contributed by atoms with van der Waals surface area (Å²) >= 11 is 0. The highest BCUT2D eigenvalue weighted by molar-refractivity contribution is 5.92. The smallest absolute Gasteiger partial charge is 0.238 e. The lowest BCUT2D eigenvalue weighted by Crippen LogP contribution is -2.32. The highest BCUT2D eigenvalue weighted by Crippen LogP contribution is 2.11. The first-order chi connectivity index (χ1) is 8.97. The molecule has 5 heteroatoms. The van der Waals surface area contributed by atoms with Crippen molar-refractivity contribution >= 4 is 17.3 Å². The highest BCUT2D eigenvalue weighted by atomic mass is 16.2. The summed E-state index contributed by atoms with van der Waals surface area (Å²) in [6.45, 7) is 2.33. The molecule has 19 heavy (non-hydrogen) atoms. The molecule has 0 aliphatic rings. The molecule has 0 aliphatic carbocycles. The van der Waals surface area contributed by atoms with Gasteiger partial charge in [-0.3, -0.25) is 9.69 Å². The number of amides is 1. The minimum Gasteiger partial charge on any atom is -0.399 e. The van der Waals surface area contributed by atoms with Gasteiger partial charge in [-0.05, 0) is 58.9 Å². The fraction of sp³-hybridized carbons (Fsp3) is 0.500. The van der Waals surface area contributed by atoms with Crippen LogP contribution in [0.2, 0.25) is 0 Å². The fourth-order valence-electron chi connectivity index (χ4n) is 1.80. The van der Waals surface area contributed by atoms with E-state index in [0.29, 0.717) is 12.2 Å². The first-order valence-corrected chi connectivity index (χ1v) is 6.46. The Morgan fingerprint density at radius 1 is 1.26 bits per heavy atom. The lowest BCUT2D eigenvalue weighted by Gasteiger charge is -2.17. The van der Waals surface area contributed by atoms with Crippen LogP contribution in [-0.4, -0.2) is 56.5 Å². The first-order valence-electron chi connectivity index (χ1n) is 6.46. The second kappa shape index (κ2) is 7.76. The number of carbonyl (C=O) groups is 1. The maximum Gasteiger partial charge on any atom is 0.238 e. The molecule has 0 atom stereocenters. The molecule has 1 aromatic rings. The highest BCUT2D eigenvalue weighted by Gasteiger charge is 2.07. The zero-order valence-electron chi connectivity index (χ0n) is 12.0. The molecular weight excluding hydrogens is 240 g/mol. The molecule has 106 valence electrons. The zero-order valence-corrected chi connectivity index (χ0v) is 12.0. The fourth-order valence-corrected chi connectivity index (χ4v) is 1.80. The number of nitrogens with one attached hydrogen (secondary N) is 1. The van der Waals surface area contributed by atoms with Gasteiger partial charge in [0.15, 0.2) is 0 Å². The van der Waals surface area contributed by atoms with Crippen molar-refractivity contribution in [1.82, 2.24) is 9.80 Å². The van der Waals surface area contributed by atoms with E-state index in [1.54, 1.807) is 12.1 Å². The van der Waals surface area contributed by atoms with E-state index in [0.717, 1.165) is 25.2 Å². The Balaban J connectivity index is 2.30. The van der Waals surface area contributed by atoms with Gasteiger partial charge in [0.05, 0.1) is 6.54 Å². The summed E-state index contributed by atoms with van der Waals surface area (Å²) in [5.41, 5.74) is 7.06. The molecule has 0 aliphatic heterocycles. The Hall–Kier alpha value is -1.59. The standard InChI is InChI=1S/C14H24N4O/c1-17(2)8-5-9-18(3)11-14(19)16-13-7-4-6-12(15)10-13/h4,6-7,10H,5,8-9,11,15H2,1-3H3,(H,16,19). The van der Waals surface area contributed by atoms with Crippen molar-refractivity contribution < 1.29 is 4.79 Å². The van der Waals surface area contributed by atoms with Gasteiger partial charge >= 0.3 is 0 Å². The van der Waals surface area contributed by atoms with Crippen LogP contribution in [0.4, 0.5) is 11.4 Å². The number of nitrogens with zero attached hydrogens (tertiary/aromatic N) is 2. The van der Waals surface area contributed by atoms with Gasteiger partial charge in [0, 0.05) is 11.4 Å². The Bertz CT molecular complexity index is 406. The third kappa shape index (κ3) is 6.79. The Kier molecular flexibility index (Phi) is 6.32. The number of likely N-dealkylation sites (N-methyl/N-ethyl adjacent to an activating group) is 1. The maximum absolute atomic E-state index is 11.8. The van der Waals surface area contributed by atoms with Gasteiger partial charge < -0.3 is 16.0 Å². The average molecular weight is 264 g/mol. The summed E-state index contributed by atoms with van der Waals surface area (Å²) < 4.78 is 0. The van der Waals surface area contributed by atoms with Gasteiger partial charge in [-0.2, -0.15) is 0 Å². The Morgan fingerprint density at radius 3 is 2.63 bits per heavy atom. The SMILES string of the molecule is CN(C)CCCN(C)CC(=O)Nc1cccc(N)c1. The number of carbonyl (C=O) groups excluding carboxylic acids is 1. The predicted octanol–water partition coefficient (Wildman–Crippen LogP) is 1.09. The Labute approximate surface area is 115 Å². The summed E-state index contributed by atoms with van der Waals surface area (Å²) in [5.74, 6) is -0.0158. The number of benzene rings is 1. The zero-order chi connectivity index (χ0) is 14.3. The number of rotatable bonds is 7. The van der Waals surface area contributed by atoms with E-state index in [4.69, 9.17) is 5.73 Å². The second-order valence-corrected chi connectivity index (χ2v) is 5.07. The molecule has 0 bridgehead atoms. The molecule has 0 saturated carbocycles. The molecular formula is C14H24N4O. The molecule has 0 radical (unpaired) electrons. The van der Waals surface area contributed by atoms with Crippen LogP contribution in [0.25, 0.3) is 0 Å². The number of anilines is 2. The number of nitrogen functional groups attached to an aromatic ring is 1. The summed E-state index contributed by atoms with van der Waals surface area (Å²) in [4.78, 5) is 16.0. The van der Waals surface area contributed by atoms with Crippen LogP contribution in [0.3, 0.4) is 0 Å². The summed E-state index contributed by atoms with van der Waals surface area (Å²) in [6, 6.07) is 7.21. The van der Waals surface area contributed by atoms with Crippen LogP contribution in [0, 0.1) is 0 Å². The van der Waals surface area contributed by atoms with Crippen molar-refractivity contribution in [2.75, 3.05) is 51.8 Å². The minimum atomic E-state index is -0.0158. The summed E-state index contributed by atoms with van der Waals surface area (Å²) in [7, 11) is 6.05. The van der Waals surface area contributed by atoms with Crippen LogP contribution in [-0.2, 0) is 4.79 Å². The minimum absolute atomic E-state index is 0.0158. The Morgan fingerprint density at radius 2 is 2.00 bits per heavy atom. The number of hydrogen-bond donors (Lipinski definition) is 2. The van der Waals surface area contributed by atoms with E-state index in [-0.39, 0.29) is 5.91 Å². The molecule has 0 unspecified atom stereocenters. The lowest BCUT2D eigenvalue weighted by atomic mass is 10.3. The number of hydrogen-bond acceptors (Lipinski definition) is 4. The topological polar surface area (TPSA) is 61.6 Å². The van der Waals surface area contributed by atoms with Crippen LogP contribution < -0.4 is 11.1 Å². The van der Waals surface area contributed by atoms with Gasteiger partial charge in [-0.1, -0.05) is 6.07 Å². The molecule has 0 heterocycles. The largest absolute Gasteiger partial charge is 0.399 e. The van der Waals surface area contributed by atoms with Crippen molar-refractivity contribution in [2.45, 2.75) is 6.42 Å². The van der Waals surface area contributed by atoms with Crippen molar-refractivity contribution in [1.29, 1.82) is 0 Å². The maximum atomic E-state index is 11.8. The van der Waals surface area contributed by atoms with Crippen LogP contribution >= 0.6 is 0 Å². The van der Waals surface area contributed by atoms with Crippen LogP contribution in [0.5, 0.6) is 0 Å². The quantitative estimate of drug-likeness (QED) is 0.724. The van der Waals surface area contributed by atoms with Gasteiger partial charge in [0.1, 0.15) is 0 Å². The van der Waals surface area contributed by atoms with Gasteiger partial charge in [-0.25, -0.2) is 0 Å². The second-order valence-electron chi connectivity index (χ2n) is 5.07. The van der Waals surface area contributed by atoms with E-state index in [2.05, 4.69) is 10.2 Å². The molecule has 0 spiro atoms. The first kappa shape index (κ1) is 15.5. The van der Waals surface area contributed by atoms with Gasteiger partial charge in [0.25, 0.3) is 0 Å². The normalized spacial score (nSPS) is 11.0. The van der Waals surface area contributed by atoms with Gasteiger partial charge in [-0.15, -0.1) is 0 Å². The third-order valence-corrected chi connectivity index (χ3v) is 2.73. The van der Waals surface area contributed by atoms with Crippen molar-refractivity contribution in [3.8, 4) is 0 Å². The third-order valence-electron chi connectivity index (χ3n) is 2.73. The van der Waals surface area contributed by atoms with E-state index in [1.165, 1.54) is 0 Å². The number of nitrogens with two attached hydrogens (primary N) is 1. The molecule has 1 aromatic carbocycles. The molecule has 1 amide bonds. The van der Waals surface area contributed by atoms with E-state index in [9.17, 15) is 4.79 Å². The summed E-state index contributed by atoms with van der Waals surface area (Å²) in [6.07, 6.45) is 1.05.